The molecular weight excluding hydrogens is 328 g/mol. The summed E-state index contributed by atoms with van der Waals surface area (Å²) in [5, 5.41) is 3.14. The topological polar surface area (TPSA) is 32.3 Å². The number of thioether (sulfide) groups is 1. The maximum absolute atomic E-state index is 12.8. The van der Waals surface area contributed by atoms with Gasteiger partial charge < -0.3 is 10.2 Å². The third-order valence-corrected chi connectivity index (χ3v) is 5.86. The molecule has 1 N–H and O–H groups in total. The molecule has 3 rings (SSSR count). The van der Waals surface area contributed by atoms with Gasteiger partial charge in [-0.15, -0.1) is 11.8 Å². The van der Waals surface area contributed by atoms with Crippen LogP contribution in [0.1, 0.15) is 42.8 Å². The molecular formula is C21H26N2OS. The molecule has 25 heavy (non-hydrogen) atoms. The van der Waals surface area contributed by atoms with E-state index in [1.165, 1.54) is 11.1 Å². The molecule has 132 valence electrons. The molecule has 1 atom stereocenters. The van der Waals surface area contributed by atoms with Crippen LogP contribution in [0.4, 0.5) is 10.5 Å². The van der Waals surface area contributed by atoms with Crippen LogP contribution >= 0.6 is 11.8 Å². The summed E-state index contributed by atoms with van der Waals surface area (Å²) < 4.78 is 0. The zero-order valence-electron chi connectivity index (χ0n) is 15.4. The molecule has 0 aliphatic carbocycles. The van der Waals surface area contributed by atoms with Crippen LogP contribution in [-0.2, 0) is 5.41 Å². The van der Waals surface area contributed by atoms with Gasteiger partial charge in [-0.3, -0.25) is 0 Å². The molecule has 0 radical (unpaired) electrons. The summed E-state index contributed by atoms with van der Waals surface area (Å²) in [5.74, 6) is 0.965. The monoisotopic (exact) mass is 354 g/mol. The molecule has 0 spiro atoms. The van der Waals surface area contributed by atoms with Gasteiger partial charge in [0.15, 0.2) is 0 Å². The standard InChI is InChI=1S/C21H26N2OS/c1-15-7-5-6-8-18(15)22-20(24)23-13-14-25-19(23)16-9-11-17(12-10-16)21(2,3)4/h5-12,19H,13-14H2,1-4H3,(H,22,24)/t19-/m0/s1. The molecule has 1 heterocycles. The smallest absolute Gasteiger partial charge is 0.308 e. The summed E-state index contributed by atoms with van der Waals surface area (Å²) in [6, 6.07) is 16.6. The summed E-state index contributed by atoms with van der Waals surface area (Å²) in [5.41, 5.74) is 4.61. The fourth-order valence-electron chi connectivity index (χ4n) is 3.00. The van der Waals surface area contributed by atoms with E-state index < -0.39 is 0 Å². The number of rotatable bonds is 2. The molecule has 2 aromatic rings. The van der Waals surface area contributed by atoms with E-state index in [0.29, 0.717) is 0 Å². The highest BCUT2D eigenvalue weighted by Gasteiger charge is 2.31. The minimum atomic E-state index is -0.0239. The largest absolute Gasteiger partial charge is 0.323 e. The van der Waals surface area contributed by atoms with Crippen LogP contribution in [0.15, 0.2) is 48.5 Å². The van der Waals surface area contributed by atoms with Crippen LogP contribution in [0.25, 0.3) is 0 Å². The Morgan fingerprint density at radius 2 is 1.80 bits per heavy atom. The second-order valence-electron chi connectivity index (χ2n) is 7.53. The molecule has 1 saturated heterocycles. The van der Waals surface area contributed by atoms with Gasteiger partial charge in [0.05, 0.1) is 0 Å². The number of nitrogens with zero attached hydrogens (tertiary/aromatic N) is 1. The summed E-state index contributed by atoms with van der Waals surface area (Å²) in [7, 11) is 0. The van der Waals surface area contributed by atoms with Crippen LogP contribution in [0, 0.1) is 6.92 Å². The van der Waals surface area contributed by atoms with Crippen LogP contribution in [-0.4, -0.2) is 23.2 Å². The Morgan fingerprint density at radius 1 is 1.12 bits per heavy atom. The van der Waals surface area contributed by atoms with Crippen molar-refractivity contribution in [2.45, 2.75) is 38.5 Å². The molecule has 0 saturated carbocycles. The van der Waals surface area contributed by atoms with Crippen molar-refractivity contribution in [1.82, 2.24) is 4.90 Å². The first kappa shape index (κ1) is 17.9. The van der Waals surface area contributed by atoms with Crippen LogP contribution in [0.3, 0.4) is 0 Å². The van der Waals surface area contributed by atoms with Crippen molar-refractivity contribution in [2.75, 3.05) is 17.6 Å². The number of nitrogens with one attached hydrogen (secondary N) is 1. The number of para-hydroxylation sites is 1. The van der Waals surface area contributed by atoms with Gasteiger partial charge in [-0.2, -0.15) is 0 Å². The Hall–Kier alpha value is -1.94. The molecule has 1 fully saturated rings. The number of carbonyl (C=O) groups is 1. The van der Waals surface area contributed by atoms with Crippen molar-refractivity contribution in [3.8, 4) is 0 Å². The number of anilines is 1. The van der Waals surface area contributed by atoms with Crippen molar-refractivity contribution in [3.05, 3.63) is 65.2 Å². The van der Waals surface area contributed by atoms with Crippen LogP contribution in [0.5, 0.6) is 0 Å². The molecule has 2 aromatic carbocycles. The fourth-order valence-corrected chi connectivity index (χ4v) is 4.26. The van der Waals surface area contributed by atoms with E-state index in [0.717, 1.165) is 23.5 Å². The highest BCUT2D eigenvalue weighted by molar-refractivity contribution is 7.99. The van der Waals surface area contributed by atoms with Gasteiger partial charge in [0.25, 0.3) is 0 Å². The van der Waals surface area contributed by atoms with Gasteiger partial charge in [0.1, 0.15) is 5.37 Å². The van der Waals surface area contributed by atoms with E-state index in [9.17, 15) is 4.79 Å². The van der Waals surface area contributed by atoms with E-state index in [1.54, 1.807) is 0 Å². The minimum Gasteiger partial charge on any atom is -0.308 e. The lowest BCUT2D eigenvalue weighted by molar-refractivity contribution is 0.214. The lowest BCUT2D eigenvalue weighted by Crippen LogP contribution is -2.34. The van der Waals surface area contributed by atoms with Crippen LogP contribution in [0.2, 0.25) is 0 Å². The number of benzene rings is 2. The van der Waals surface area contributed by atoms with Gasteiger partial charge in [-0.05, 0) is 35.1 Å². The van der Waals surface area contributed by atoms with Gasteiger partial charge in [0.2, 0.25) is 0 Å². The molecule has 2 amide bonds. The fraction of sp³-hybridized carbons (Fsp3) is 0.381. The number of amides is 2. The number of carbonyl (C=O) groups excluding carboxylic acids is 1. The van der Waals surface area contributed by atoms with Crippen LogP contribution < -0.4 is 5.32 Å². The second-order valence-corrected chi connectivity index (χ2v) is 8.72. The van der Waals surface area contributed by atoms with Crippen molar-refractivity contribution in [3.63, 3.8) is 0 Å². The second kappa shape index (κ2) is 7.12. The van der Waals surface area contributed by atoms with E-state index in [1.807, 2.05) is 47.9 Å². The molecule has 0 bridgehead atoms. The van der Waals surface area contributed by atoms with Crippen molar-refractivity contribution < 1.29 is 4.79 Å². The molecule has 0 unspecified atom stereocenters. The first-order chi connectivity index (χ1) is 11.9. The summed E-state index contributed by atoms with van der Waals surface area (Å²) in [6.45, 7) is 9.43. The van der Waals surface area contributed by atoms with E-state index in [2.05, 4.69) is 50.4 Å². The van der Waals surface area contributed by atoms with Crippen molar-refractivity contribution in [2.24, 2.45) is 0 Å². The lowest BCUT2D eigenvalue weighted by atomic mass is 9.87. The number of hydrogen-bond donors (Lipinski definition) is 1. The average molecular weight is 355 g/mol. The molecule has 1 aliphatic heterocycles. The number of urea groups is 1. The van der Waals surface area contributed by atoms with Gasteiger partial charge in [0, 0.05) is 18.0 Å². The maximum Gasteiger partial charge on any atom is 0.323 e. The Balaban J connectivity index is 1.76. The van der Waals surface area contributed by atoms with E-state index in [-0.39, 0.29) is 16.8 Å². The average Bonchev–Trinajstić information content (AvgIpc) is 3.06. The Labute approximate surface area is 154 Å². The molecule has 1 aliphatic rings. The summed E-state index contributed by atoms with van der Waals surface area (Å²) in [6.07, 6.45) is 0. The lowest BCUT2D eigenvalue weighted by Gasteiger charge is -2.26. The zero-order valence-corrected chi connectivity index (χ0v) is 16.2. The Morgan fingerprint density at radius 3 is 2.44 bits per heavy atom. The number of hydrogen-bond acceptors (Lipinski definition) is 2. The van der Waals surface area contributed by atoms with E-state index >= 15 is 0 Å². The third kappa shape index (κ3) is 4.01. The zero-order chi connectivity index (χ0) is 18.0. The Kier molecular flexibility index (Phi) is 5.09. The quantitative estimate of drug-likeness (QED) is 0.764. The highest BCUT2D eigenvalue weighted by Crippen LogP contribution is 2.39. The maximum atomic E-state index is 12.8. The molecule has 4 heteroatoms. The predicted molar refractivity (Wildman–Crippen MR) is 107 cm³/mol. The van der Waals surface area contributed by atoms with Gasteiger partial charge >= 0.3 is 6.03 Å². The molecule has 0 aromatic heterocycles. The van der Waals surface area contributed by atoms with Crippen molar-refractivity contribution in [1.29, 1.82) is 0 Å². The summed E-state index contributed by atoms with van der Waals surface area (Å²) >= 11 is 1.83. The highest BCUT2D eigenvalue weighted by atomic mass is 32.2. The minimum absolute atomic E-state index is 0.0239. The number of aryl methyl sites for hydroxylation is 1. The Bertz CT molecular complexity index is 749. The first-order valence-corrected chi connectivity index (χ1v) is 9.76. The first-order valence-electron chi connectivity index (χ1n) is 8.71. The molecule has 3 nitrogen and oxygen atoms in total. The normalized spacial score (nSPS) is 17.6. The SMILES string of the molecule is Cc1ccccc1NC(=O)N1CCS[C@H]1c1ccc(C(C)(C)C)cc1. The third-order valence-electron chi connectivity index (χ3n) is 4.60. The predicted octanol–water partition coefficient (Wildman–Crippen LogP) is 5.57. The van der Waals surface area contributed by atoms with Gasteiger partial charge in [-0.1, -0.05) is 63.2 Å². The van der Waals surface area contributed by atoms with Crippen molar-refractivity contribution >= 4 is 23.5 Å². The van der Waals surface area contributed by atoms with E-state index in [4.69, 9.17) is 0 Å². The summed E-state index contributed by atoms with van der Waals surface area (Å²) in [4.78, 5) is 14.7. The van der Waals surface area contributed by atoms with Gasteiger partial charge in [-0.25, -0.2) is 4.79 Å².